The molecule has 0 saturated carbocycles. The highest BCUT2D eigenvalue weighted by Gasteiger charge is 2.29. The molecule has 1 atom stereocenters. The summed E-state index contributed by atoms with van der Waals surface area (Å²) in [5.41, 5.74) is 4.56. The summed E-state index contributed by atoms with van der Waals surface area (Å²) in [5, 5.41) is 11.8. The maximum absolute atomic E-state index is 12.2. The lowest BCUT2D eigenvalue weighted by Crippen LogP contribution is -2.41. The van der Waals surface area contributed by atoms with E-state index in [9.17, 15) is 14.7 Å². The van der Waals surface area contributed by atoms with Crippen molar-refractivity contribution in [3.05, 3.63) is 59.7 Å². The molecule has 1 amide bonds. The van der Waals surface area contributed by atoms with Gasteiger partial charge in [0.1, 0.15) is 12.6 Å². The van der Waals surface area contributed by atoms with Crippen molar-refractivity contribution in [2.45, 2.75) is 25.3 Å². The number of rotatable bonds is 8. The van der Waals surface area contributed by atoms with Crippen molar-refractivity contribution < 1.29 is 19.4 Å². The van der Waals surface area contributed by atoms with E-state index in [1.165, 1.54) is 0 Å². The zero-order valence-electron chi connectivity index (χ0n) is 15.2. The zero-order valence-corrected chi connectivity index (χ0v) is 16.0. The van der Waals surface area contributed by atoms with E-state index < -0.39 is 18.1 Å². The van der Waals surface area contributed by atoms with Crippen LogP contribution >= 0.6 is 11.8 Å². The van der Waals surface area contributed by atoms with Crippen LogP contribution in [-0.4, -0.2) is 41.3 Å². The number of ether oxygens (including phenoxy) is 1. The van der Waals surface area contributed by atoms with E-state index in [-0.39, 0.29) is 12.5 Å². The maximum atomic E-state index is 12.2. The highest BCUT2D eigenvalue weighted by atomic mass is 32.2. The number of benzene rings is 2. The quantitative estimate of drug-likeness (QED) is 0.669. The predicted molar refractivity (Wildman–Crippen MR) is 107 cm³/mol. The second-order valence-corrected chi connectivity index (χ2v) is 7.74. The maximum Gasteiger partial charge on any atom is 0.407 e. The molecule has 2 N–H and O–H groups in total. The second-order valence-electron chi connectivity index (χ2n) is 6.35. The fourth-order valence-electron chi connectivity index (χ4n) is 3.39. The van der Waals surface area contributed by atoms with Gasteiger partial charge in [0.05, 0.1) is 0 Å². The first-order valence-corrected chi connectivity index (χ1v) is 10.2. The number of alkyl carbamates (subject to hydrolysis) is 1. The Hall–Kier alpha value is -2.47. The van der Waals surface area contributed by atoms with Gasteiger partial charge in [0, 0.05) is 5.92 Å². The Morgan fingerprint density at radius 3 is 2.26 bits per heavy atom. The molecule has 0 aliphatic heterocycles. The summed E-state index contributed by atoms with van der Waals surface area (Å²) in [6, 6.07) is 15.2. The molecule has 2 aromatic carbocycles. The number of hydrogen-bond acceptors (Lipinski definition) is 4. The average Bonchev–Trinajstić information content (AvgIpc) is 2.99. The lowest BCUT2D eigenvalue weighted by Gasteiger charge is -2.17. The first kappa shape index (κ1) is 19.3. The Bertz CT molecular complexity index is 778. The van der Waals surface area contributed by atoms with Crippen molar-refractivity contribution in [2.75, 3.05) is 18.1 Å². The summed E-state index contributed by atoms with van der Waals surface area (Å²) in [6.07, 6.45) is -0.316. The van der Waals surface area contributed by atoms with Crippen molar-refractivity contribution in [2.24, 2.45) is 0 Å². The Morgan fingerprint density at radius 2 is 1.70 bits per heavy atom. The Balaban J connectivity index is 1.64. The van der Waals surface area contributed by atoms with Crippen LogP contribution in [0.15, 0.2) is 48.5 Å². The summed E-state index contributed by atoms with van der Waals surface area (Å²) in [5.74, 6) is 0.510. The third-order valence-electron chi connectivity index (χ3n) is 4.69. The Kier molecular flexibility index (Phi) is 6.40. The van der Waals surface area contributed by atoms with Crippen molar-refractivity contribution in [3.63, 3.8) is 0 Å². The van der Waals surface area contributed by atoms with E-state index in [1.807, 2.05) is 43.3 Å². The number of aliphatic carboxylic acids is 1. The van der Waals surface area contributed by atoms with Crippen LogP contribution in [0.3, 0.4) is 0 Å². The molecule has 0 aromatic heterocycles. The van der Waals surface area contributed by atoms with Gasteiger partial charge in [0.15, 0.2) is 0 Å². The molecule has 0 saturated heterocycles. The Morgan fingerprint density at radius 1 is 1.11 bits per heavy atom. The van der Waals surface area contributed by atoms with Gasteiger partial charge in [0.25, 0.3) is 0 Å². The first-order chi connectivity index (χ1) is 13.1. The van der Waals surface area contributed by atoms with E-state index >= 15 is 0 Å². The van der Waals surface area contributed by atoms with E-state index in [0.29, 0.717) is 12.2 Å². The van der Waals surface area contributed by atoms with E-state index in [2.05, 4.69) is 17.4 Å². The lowest BCUT2D eigenvalue weighted by molar-refractivity contribution is -0.139. The fraction of sp³-hybridized carbons (Fsp3) is 0.333. The smallest absolute Gasteiger partial charge is 0.407 e. The molecule has 0 bridgehead atoms. The number of nitrogens with one attached hydrogen (secondary N) is 1. The van der Waals surface area contributed by atoms with Crippen molar-refractivity contribution in [3.8, 4) is 11.1 Å². The number of thioether (sulfide) groups is 1. The molecule has 5 nitrogen and oxygen atoms in total. The minimum Gasteiger partial charge on any atom is -0.480 e. The topological polar surface area (TPSA) is 75.6 Å². The van der Waals surface area contributed by atoms with E-state index in [0.717, 1.165) is 28.0 Å². The third kappa shape index (κ3) is 4.45. The van der Waals surface area contributed by atoms with Crippen LogP contribution < -0.4 is 5.32 Å². The molecule has 3 rings (SSSR count). The van der Waals surface area contributed by atoms with E-state index in [1.54, 1.807) is 11.8 Å². The summed E-state index contributed by atoms with van der Waals surface area (Å²) >= 11 is 1.64. The number of carbonyl (C=O) groups is 2. The van der Waals surface area contributed by atoms with Gasteiger partial charge in [-0.15, -0.1) is 0 Å². The predicted octanol–water partition coefficient (Wildman–Crippen LogP) is 4.12. The molecule has 6 heteroatoms. The highest BCUT2D eigenvalue weighted by Crippen LogP contribution is 2.44. The van der Waals surface area contributed by atoms with Gasteiger partial charge < -0.3 is 15.2 Å². The monoisotopic (exact) mass is 385 g/mol. The molecular formula is C21H23NO4S. The van der Waals surface area contributed by atoms with Crippen LogP contribution in [0, 0.1) is 0 Å². The van der Waals surface area contributed by atoms with Crippen molar-refractivity contribution in [1.29, 1.82) is 0 Å². The minimum absolute atomic E-state index is 0.0397. The highest BCUT2D eigenvalue weighted by molar-refractivity contribution is 7.99. The molecule has 1 aliphatic rings. The van der Waals surface area contributed by atoms with Gasteiger partial charge in [-0.05, 0) is 40.2 Å². The number of carboxylic acid groups (broad SMARTS) is 1. The fourth-order valence-corrected chi connectivity index (χ4v) is 4.08. The van der Waals surface area contributed by atoms with E-state index in [4.69, 9.17) is 4.74 Å². The summed E-state index contributed by atoms with van der Waals surface area (Å²) < 4.78 is 5.41. The molecule has 0 spiro atoms. The van der Waals surface area contributed by atoms with Gasteiger partial charge in [0.2, 0.25) is 0 Å². The number of fused-ring (bicyclic) bond motifs is 3. The lowest BCUT2D eigenvalue weighted by atomic mass is 9.98. The van der Waals surface area contributed by atoms with Crippen LogP contribution in [0.5, 0.6) is 0 Å². The minimum atomic E-state index is -1.04. The molecule has 0 unspecified atom stereocenters. The normalized spacial score (nSPS) is 13.5. The number of amides is 1. The summed E-state index contributed by atoms with van der Waals surface area (Å²) in [4.78, 5) is 23.5. The van der Waals surface area contributed by atoms with Gasteiger partial charge in [-0.25, -0.2) is 9.59 Å². The average molecular weight is 385 g/mol. The number of carbonyl (C=O) groups excluding carboxylic acids is 1. The SMILES string of the molecule is CCSCC[C@H](NC(=O)OCC1c2ccccc2-c2ccccc21)C(=O)O. The molecule has 1 aliphatic carbocycles. The molecule has 27 heavy (non-hydrogen) atoms. The standard InChI is InChI=1S/C21H23NO4S/c1-2-27-12-11-19(20(23)24)22-21(25)26-13-18-16-9-5-3-7-14(16)15-8-4-6-10-17(15)18/h3-10,18-19H,2,11-13H2,1H3,(H,22,25)(H,23,24)/t19-/m0/s1. The van der Waals surface area contributed by atoms with Gasteiger partial charge in [-0.2, -0.15) is 11.8 Å². The molecule has 2 aromatic rings. The first-order valence-electron chi connectivity index (χ1n) is 9.04. The van der Waals surface area contributed by atoms with Gasteiger partial charge >= 0.3 is 12.1 Å². The van der Waals surface area contributed by atoms with Crippen LogP contribution in [0.1, 0.15) is 30.4 Å². The van der Waals surface area contributed by atoms with Crippen LogP contribution in [0.2, 0.25) is 0 Å². The second kappa shape index (κ2) is 8.95. The molecule has 0 heterocycles. The van der Waals surface area contributed by atoms with Crippen LogP contribution in [0.25, 0.3) is 11.1 Å². The molecule has 142 valence electrons. The molecular weight excluding hydrogens is 362 g/mol. The zero-order chi connectivity index (χ0) is 19.2. The van der Waals surface area contributed by atoms with Gasteiger partial charge in [-0.3, -0.25) is 0 Å². The number of hydrogen-bond donors (Lipinski definition) is 2. The van der Waals surface area contributed by atoms with Crippen molar-refractivity contribution in [1.82, 2.24) is 5.32 Å². The largest absolute Gasteiger partial charge is 0.480 e. The van der Waals surface area contributed by atoms with Crippen molar-refractivity contribution >= 4 is 23.8 Å². The van der Waals surface area contributed by atoms with Crippen LogP contribution in [-0.2, 0) is 9.53 Å². The molecule has 0 fully saturated rings. The third-order valence-corrected chi connectivity index (χ3v) is 5.62. The molecule has 0 radical (unpaired) electrons. The Labute approximate surface area is 163 Å². The summed E-state index contributed by atoms with van der Waals surface area (Å²) in [6.45, 7) is 2.19. The summed E-state index contributed by atoms with van der Waals surface area (Å²) in [7, 11) is 0. The van der Waals surface area contributed by atoms with Crippen LogP contribution in [0.4, 0.5) is 4.79 Å². The number of carboxylic acids is 1. The van der Waals surface area contributed by atoms with Gasteiger partial charge in [-0.1, -0.05) is 55.5 Å².